The summed E-state index contributed by atoms with van der Waals surface area (Å²) < 4.78 is 16.4. The molecule has 0 N–H and O–H groups in total. The van der Waals surface area contributed by atoms with Gasteiger partial charge < -0.3 is 14.2 Å². The molecule has 0 spiro atoms. The number of allylic oxidation sites excluding steroid dienone is 1. The molecule has 4 heteroatoms. The van der Waals surface area contributed by atoms with Crippen LogP contribution in [0, 0.1) is 0 Å². The fraction of sp³-hybridized carbons (Fsp3) is 0.286. The van der Waals surface area contributed by atoms with E-state index in [-0.39, 0.29) is 5.78 Å². The highest BCUT2D eigenvalue weighted by molar-refractivity contribution is 6.06. The highest BCUT2D eigenvalue weighted by Gasteiger charge is 2.06. The Balaban J connectivity index is 2.13. The SMILES string of the molecule is CCCOc1ccc(/C=C/C(=O)c2ccc(OC)cc2)cc1OCC. The van der Waals surface area contributed by atoms with E-state index < -0.39 is 0 Å². The molecule has 0 atom stereocenters. The molecule has 0 amide bonds. The molecule has 0 aliphatic heterocycles. The number of ether oxygens (including phenoxy) is 3. The van der Waals surface area contributed by atoms with Gasteiger partial charge >= 0.3 is 0 Å². The number of carbonyl (C=O) groups excluding carboxylic acids is 1. The molecule has 0 fully saturated rings. The van der Waals surface area contributed by atoms with Gasteiger partial charge in [-0.3, -0.25) is 4.79 Å². The largest absolute Gasteiger partial charge is 0.497 e. The van der Waals surface area contributed by atoms with Crippen LogP contribution in [0.4, 0.5) is 0 Å². The molecule has 2 aromatic rings. The van der Waals surface area contributed by atoms with Crippen LogP contribution in [0.3, 0.4) is 0 Å². The molecule has 4 nitrogen and oxygen atoms in total. The van der Waals surface area contributed by atoms with Crippen LogP contribution in [0.15, 0.2) is 48.5 Å². The third kappa shape index (κ3) is 5.38. The minimum Gasteiger partial charge on any atom is -0.497 e. The number of methoxy groups -OCH3 is 1. The van der Waals surface area contributed by atoms with Crippen molar-refractivity contribution >= 4 is 11.9 Å². The molecule has 25 heavy (non-hydrogen) atoms. The smallest absolute Gasteiger partial charge is 0.185 e. The van der Waals surface area contributed by atoms with Crippen LogP contribution < -0.4 is 14.2 Å². The van der Waals surface area contributed by atoms with Crippen LogP contribution in [0.5, 0.6) is 17.2 Å². The van der Waals surface area contributed by atoms with Crippen molar-refractivity contribution in [2.45, 2.75) is 20.3 Å². The quantitative estimate of drug-likeness (QED) is 0.487. The second-order valence-electron chi connectivity index (χ2n) is 5.41. The third-order valence-electron chi connectivity index (χ3n) is 3.53. The van der Waals surface area contributed by atoms with E-state index in [1.165, 1.54) is 0 Å². The highest BCUT2D eigenvalue weighted by atomic mass is 16.5. The Hall–Kier alpha value is -2.75. The van der Waals surface area contributed by atoms with Crippen molar-refractivity contribution in [2.75, 3.05) is 20.3 Å². The lowest BCUT2D eigenvalue weighted by atomic mass is 10.1. The maximum atomic E-state index is 12.3. The Bertz CT molecular complexity index is 717. The summed E-state index contributed by atoms with van der Waals surface area (Å²) in [5.41, 5.74) is 1.50. The first kappa shape index (κ1) is 18.6. The fourth-order valence-corrected chi connectivity index (χ4v) is 2.25. The topological polar surface area (TPSA) is 44.8 Å². The van der Waals surface area contributed by atoms with Crippen LogP contribution in [-0.4, -0.2) is 26.1 Å². The number of hydrogen-bond acceptors (Lipinski definition) is 4. The maximum Gasteiger partial charge on any atom is 0.185 e. The first-order valence-electron chi connectivity index (χ1n) is 8.44. The van der Waals surface area contributed by atoms with Crippen molar-refractivity contribution in [3.05, 3.63) is 59.7 Å². The predicted octanol–water partition coefficient (Wildman–Crippen LogP) is 4.78. The van der Waals surface area contributed by atoms with Gasteiger partial charge in [-0.2, -0.15) is 0 Å². The van der Waals surface area contributed by atoms with E-state index in [0.29, 0.717) is 24.5 Å². The lowest BCUT2D eigenvalue weighted by Gasteiger charge is -2.12. The number of carbonyl (C=O) groups is 1. The number of rotatable bonds is 9. The van der Waals surface area contributed by atoms with Crippen molar-refractivity contribution in [1.29, 1.82) is 0 Å². The van der Waals surface area contributed by atoms with E-state index in [0.717, 1.165) is 23.5 Å². The molecule has 0 radical (unpaired) electrons. The van der Waals surface area contributed by atoms with Gasteiger partial charge in [0.2, 0.25) is 0 Å². The fourth-order valence-electron chi connectivity index (χ4n) is 2.25. The highest BCUT2D eigenvalue weighted by Crippen LogP contribution is 2.29. The molecule has 0 aliphatic rings. The van der Waals surface area contributed by atoms with Gasteiger partial charge in [0.05, 0.1) is 20.3 Å². The van der Waals surface area contributed by atoms with Crippen LogP contribution in [-0.2, 0) is 0 Å². The molecule has 0 bridgehead atoms. The van der Waals surface area contributed by atoms with E-state index in [1.54, 1.807) is 43.5 Å². The van der Waals surface area contributed by atoms with Gasteiger partial charge in [-0.15, -0.1) is 0 Å². The molecule has 0 saturated carbocycles. The zero-order valence-electron chi connectivity index (χ0n) is 15.0. The average molecular weight is 340 g/mol. The summed E-state index contributed by atoms with van der Waals surface area (Å²) in [6.07, 6.45) is 4.27. The molecule has 2 aromatic carbocycles. The van der Waals surface area contributed by atoms with Crippen LogP contribution in [0.25, 0.3) is 6.08 Å². The molecule has 0 aromatic heterocycles. The zero-order valence-corrected chi connectivity index (χ0v) is 15.0. The zero-order chi connectivity index (χ0) is 18.1. The Kier molecular flexibility index (Phi) is 7.08. The van der Waals surface area contributed by atoms with Gasteiger partial charge in [0, 0.05) is 5.56 Å². The molecule has 0 saturated heterocycles. The lowest BCUT2D eigenvalue weighted by molar-refractivity contribution is 0.104. The summed E-state index contributed by atoms with van der Waals surface area (Å²) in [4.78, 5) is 12.3. The molecule has 0 heterocycles. The first-order chi connectivity index (χ1) is 12.2. The predicted molar refractivity (Wildman–Crippen MR) is 99.8 cm³/mol. The van der Waals surface area contributed by atoms with E-state index >= 15 is 0 Å². The van der Waals surface area contributed by atoms with Crippen molar-refractivity contribution < 1.29 is 19.0 Å². The number of benzene rings is 2. The summed E-state index contributed by atoms with van der Waals surface area (Å²) in [5.74, 6) is 2.08. The van der Waals surface area contributed by atoms with Crippen molar-refractivity contribution in [2.24, 2.45) is 0 Å². The third-order valence-corrected chi connectivity index (χ3v) is 3.53. The van der Waals surface area contributed by atoms with Crippen molar-refractivity contribution in [1.82, 2.24) is 0 Å². The summed E-state index contributed by atoms with van der Waals surface area (Å²) in [6, 6.07) is 12.7. The molecule has 0 aliphatic carbocycles. The van der Waals surface area contributed by atoms with Gasteiger partial charge in [0.15, 0.2) is 17.3 Å². The second-order valence-corrected chi connectivity index (χ2v) is 5.41. The standard InChI is InChI=1S/C21H24O4/c1-4-14-25-20-13-7-16(15-21(20)24-5-2)6-12-19(22)17-8-10-18(23-3)11-9-17/h6-13,15H,4-5,14H2,1-3H3/b12-6+. The van der Waals surface area contributed by atoms with Crippen molar-refractivity contribution in [3.8, 4) is 17.2 Å². The summed E-state index contributed by atoms with van der Waals surface area (Å²) in [5, 5.41) is 0. The van der Waals surface area contributed by atoms with Gasteiger partial charge in [-0.25, -0.2) is 0 Å². The monoisotopic (exact) mass is 340 g/mol. The van der Waals surface area contributed by atoms with Gasteiger partial charge in [0.25, 0.3) is 0 Å². The van der Waals surface area contributed by atoms with Gasteiger partial charge in [0.1, 0.15) is 5.75 Å². The van der Waals surface area contributed by atoms with Crippen LogP contribution in [0.1, 0.15) is 36.2 Å². The Morgan fingerprint density at radius 3 is 2.40 bits per heavy atom. The van der Waals surface area contributed by atoms with Gasteiger partial charge in [-0.05, 0) is 61.4 Å². The summed E-state index contributed by atoms with van der Waals surface area (Å²) in [7, 11) is 1.60. The molecule has 132 valence electrons. The van der Waals surface area contributed by atoms with E-state index in [2.05, 4.69) is 6.92 Å². The lowest BCUT2D eigenvalue weighted by Crippen LogP contribution is -2.00. The second kappa shape index (κ2) is 9.52. The minimum atomic E-state index is -0.0630. The van der Waals surface area contributed by atoms with E-state index in [4.69, 9.17) is 14.2 Å². The molecular formula is C21H24O4. The summed E-state index contributed by atoms with van der Waals surface area (Å²) >= 11 is 0. The van der Waals surface area contributed by atoms with E-state index in [9.17, 15) is 4.79 Å². The Labute approximate surface area is 149 Å². The average Bonchev–Trinajstić information content (AvgIpc) is 2.65. The van der Waals surface area contributed by atoms with Crippen LogP contribution in [0.2, 0.25) is 0 Å². The minimum absolute atomic E-state index is 0.0630. The normalized spacial score (nSPS) is 10.7. The van der Waals surface area contributed by atoms with Crippen molar-refractivity contribution in [3.63, 3.8) is 0 Å². The number of hydrogen-bond donors (Lipinski definition) is 0. The molecule has 0 unspecified atom stereocenters. The maximum absolute atomic E-state index is 12.3. The first-order valence-corrected chi connectivity index (χ1v) is 8.44. The van der Waals surface area contributed by atoms with E-state index in [1.807, 2.05) is 25.1 Å². The summed E-state index contributed by atoms with van der Waals surface area (Å²) in [6.45, 7) is 5.19. The Morgan fingerprint density at radius 1 is 1.00 bits per heavy atom. The molecule has 2 rings (SSSR count). The number of ketones is 1. The van der Waals surface area contributed by atoms with Crippen LogP contribution >= 0.6 is 0 Å². The van der Waals surface area contributed by atoms with Gasteiger partial charge in [-0.1, -0.05) is 19.1 Å². The Morgan fingerprint density at radius 2 is 1.76 bits per heavy atom. The molecular weight excluding hydrogens is 316 g/mol.